The molecule has 0 bridgehead atoms. The van der Waals surface area contributed by atoms with E-state index in [0.717, 1.165) is 18.5 Å². The number of carbonyl (C=O) groups excluding carboxylic acids is 2. The second kappa shape index (κ2) is 11.3. The van der Waals surface area contributed by atoms with Crippen molar-refractivity contribution >= 4 is 17.8 Å². The van der Waals surface area contributed by atoms with Crippen molar-refractivity contribution in [1.82, 2.24) is 15.5 Å². The summed E-state index contributed by atoms with van der Waals surface area (Å²) in [6.45, 7) is 4.31. The highest BCUT2D eigenvalue weighted by Gasteiger charge is 2.34. The second-order valence-corrected chi connectivity index (χ2v) is 7.42. The molecule has 0 fully saturated rings. The SMILES string of the molecule is CCNC(=NCCCCN1C(=O)c2ccccc2C1=O)NCCC(O)c1ccccc1. The molecular formula is C24H30N4O3. The Hall–Kier alpha value is -3.19. The van der Waals surface area contributed by atoms with Gasteiger partial charge in [0.15, 0.2) is 5.96 Å². The topological polar surface area (TPSA) is 94.0 Å². The third-order valence-corrected chi connectivity index (χ3v) is 5.18. The van der Waals surface area contributed by atoms with E-state index in [1.165, 1.54) is 4.90 Å². The molecule has 3 rings (SSSR count). The third-order valence-electron chi connectivity index (χ3n) is 5.18. The Bertz CT molecular complexity index is 879. The number of guanidine groups is 1. The van der Waals surface area contributed by atoms with Crippen LogP contribution in [-0.2, 0) is 0 Å². The number of benzene rings is 2. The molecular weight excluding hydrogens is 392 g/mol. The van der Waals surface area contributed by atoms with Gasteiger partial charge in [0, 0.05) is 26.2 Å². The first-order chi connectivity index (χ1) is 15.1. The van der Waals surface area contributed by atoms with Crippen molar-refractivity contribution in [1.29, 1.82) is 0 Å². The number of hydrogen-bond donors (Lipinski definition) is 3. The van der Waals surface area contributed by atoms with Crippen LogP contribution in [0, 0.1) is 0 Å². The van der Waals surface area contributed by atoms with Gasteiger partial charge in [0.2, 0.25) is 0 Å². The zero-order valence-corrected chi connectivity index (χ0v) is 17.9. The van der Waals surface area contributed by atoms with E-state index in [1.54, 1.807) is 24.3 Å². The predicted molar refractivity (Wildman–Crippen MR) is 121 cm³/mol. The summed E-state index contributed by atoms with van der Waals surface area (Å²) >= 11 is 0. The number of aliphatic hydroxyl groups is 1. The lowest BCUT2D eigenvalue weighted by Crippen LogP contribution is -2.38. The lowest BCUT2D eigenvalue weighted by Gasteiger charge is -2.15. The smallest absolute Gasteiger partial charge is 0.261 e. The van der Waals surface area contributed by atoms with E-state index in [1.807, 2.05) is 37.3 Å². The lowest BCUT2D eigenvalue weighted by atomic mass is 10.1. The van der Waals surface area contributed by atoms with Gasteiger partial charge in [0.05, 0.1) is 17.2 Å². The summed E-state index contributed by atoms with van der Waals surface area (Å²) in [6, 6.07) is 16.5. The minimum Gasteiger partial charge on any atom is -0.388 e. The van der Waals surface area contributed by atoms with Gasteiger partial charge >= 0.3 is 0 Å². The molecule has 164 valence electrons. The van der Waals surface area contributed by atoms with E-state index in [4.69, 9.17) is 0 Å². The molecule has 0 spiro atoms. The summed E-state index contributed by atoms with van der Waals surface area (Å²) in [5, 5.41) is 16.7. The second-order valence-electron chi connectivity index (χ2n) is 7.42. The number of imide groups is 1. The number of nitrogens with zero attached hydrogens (tertiary/aromatic N) is 2. The number of carbonyl (C=O) groups is 2. The van der Waals surface area contributed by atoms with Gasteiger partial charge < -0.3 is 15.7 Å². The minimum atomic E-state index is -0.517. The highest BCUT2D eigenvalue weighted by molar-refractivity contribution is 6.21. The van der Waals surface area contributed by atoms with E-state index in [0.29, 0.717) is 49.6 Å². The molecule has 1 atom stereocenters. The fourth-order valence-corrected chi connectivity index (χ4v) is 3.53. The molecule has 7 heteroatoms. The Kier molecular flexibility index (Phi) is 8.18. The standard InChI is InChI=1S/C24H30N4O3/c1-2-25-24(27-16-14-21(29)18-10-4-3-5-11-18)26-15-8-9-17-28-22(30)19-12-6-7-13-20(19)23(28)31/h3-7,10-13,21,29H,2,8-9,14-17H2,1H3,(H2,25,26,27). The largest absolute Gasteiger partial charge is 0.388 e. The van der Waals surface area contributed by atoms with Gasteiger partial charge in [0.25, 0.3) is 11.8 Å². The molecule has 0 aliphatic carbocycles. The van der Waals surface area contributed by atoms with Crippen molar-refractivity contribution in [3.05, 3.63) is 71.3 Å². The van der Waals surface area contributed by atoms with Gasteiger partial charge in [-0.3, -0.25) is 19.5 Å². The van der Waals surface area contributed by atoms with Crippen molar-refractivity contribution in [3.8, 4) is 0 Å². The first-order valence-corrected chi connectivity index (χ1v) is 10.8. The molecule has 1 unspecified atom stereocenters. The summed E-state index contributed by atoms with van der Waals surface area (Å²) in [5.74, 6) is 0.274. The average molecular weight is 423 g/mol. The fraction of sp³-hybridized carbons (Fsp3) is 0.375. The van der Waals surface area contributed by atoms with Gasteiger partial charge in [-0.2, -0.15) is 0 Å². The number of hydrogen-bond acceptors (Lipinski definition) is 4. The molecule has 0 saturated carbocycles. The molecule has 1 aliphatic rings. The molecule has 1 heterocycles. The van der Waals surface area contributed by atoms with Crippen LogP contribution in [0.3, 0.4) is 0 Å². The number of amides is 2. The number of nitrogens with one attached hydrogen (secondary N) is 2. The van der Waals surface area contributed by atoms with E-state index in [9.17, 15) is 14.7 Å². The van der Waals surface area contributed by atoms with Gasteiger partial charge in [0.1, 0.15) is 0 Å². The van der Waals surface area contributed by atoms with Crippen molar-refractivity contribution < 1.29 is 14.7 Å². The molecule has 31 heavy (non-hydrogen) atoms. The average Bonchev–Trinajstić information content (AvgIpc) is 3.04. The van der Waals surface area contributed by atoms with Crippen LogP contribution in [0.5, 0.6) is 0 Å². The van der Waals surface area contributed by atoms with Crippen LogP contribution in [0.4, 0.5) is 0 Å². The van der Waals surface area contributed by atoms with Crippen molar-refractivity contribution in [2.45, 2.75) is 32.3 Å². The fourth-order valence-electron chi connectivity index (χ4n) is 3.53. The Morgan fingerprint density at radius 1 is 0.968 bits per heavy atom. The Morgan fingerprint density at radius 3 is 2.26 bits per heavy atom. The maximum Gasteiger partial charge on any atom is 0.261 e. The molecule has 3 N–H and O–H groups in total. The molecule has 1 aliphatic heterocycles. The van der Waals surface area contributed by atoms with E-state index in [-0.39, 0.29) is 11.8 Å². The van der Waals surface area contributed by atoms with Crippen molar-refractivity contribution in [3.63, 3.8) is 0 Å². The maximum absolute atomic E-state index is 12.4. The Labute approximate surface area is 183 Å². The molecule has 0 aromatic heterocycles. The lowest BCUT2D eigenvalue weighted by molar-refractivity contribution is 0.0652. The Balaban J connectivity index is 1.40. The number of fused-ring (bicyclic) bond motifs is 1. The van der Waals surface area contributed by atoms with E-state index >= 15 is 0 Å². The monoisotopic (exact) mass is 422 g/mol. The molecule has 2 aromatic carbocycles. The van der Waals surface area contributed by atoms with Gasteiger partial charge in [-0.15, -0.1) is 0 Å². The van der Waals surface area contributed by atoms with Gasteiger partial charge in [-0.05, 0) is 43.9 Å². The molecule has 0 radical (unpaired) electrons. The van der Waals surface area contributed by atoms with Gasteiger partial charge in [-0.1, -0.05) is 42.5 Å². The van der Waals surface area contributed by atoms with Crippen LogP contribution in [-0.4, -0.2) is 54.0 Å². The Morgan fingerprint density at radius 2 is 1.61 bits per heavy atom. The summed E-state index contributed by atoms with van der Waals surface area (Å²) < 4.78 is 0. The van der Waals surface area contributed by atoms with Crippen LogP contribution in [0.15, 0.2) is 59.6 Å². The number of aliphatic imine (C=N–C) groups is 1. The predicted octanol–water partition coefficient (Wildman–Crippen LogP) is 2.74. The van der Waals surface area contributed by atoms with Crippen LogP contribution in [0.25, 0.3) is 0 Å². The van der Waals surface area contributed by atoms with Crippen LogP contribution >= 0.6 is 0 Å². The maximum atomic E-state index is 12.4. The summed E-state index contributed by atoms with van der Waals surface area (Å²) in [5.41, 5.74) is 1.88. The zero-order valence-electron chi connectivity index (χ0n) is 17.9. The zero-order chi connectivity index (χ0) is 22.1. The third kappa shape index (κ3) is 5.92. The van der Waals surface area contributed by atoms with E-state index in [2.05, 4.69) is 15.6 Å². The number of rotatable bonds is 10. The molecule has 2 amide bonds. The minimum absolute atomic E-state index is 0.212. The van der Waals surface area contributed by atoms with E-state index < -0.39 is 6.10 Å². The molecule has 0 saturated heterocycles. The van der Waals surface area contributed by atoms with Crippen LogP contribution in [0.2, 0.25) is 0 Å². The number of aliphatic hydroxyl groups excluding tert-OH is 1. The van der Waals surface area contributed by atoms with Crippen LogP contribution in [0.1, 0.15) is 58.6 Å². The number of unbranched alkanes of at least 4 members (excludes halogenated alkanes) is 1. The first kappa shape index (κ1) is 22.5. The highest BCUT2D eigenvalue weighted by atomic mass is 16.3. The summed E-state index contributed by atoms with van der Waals surface area (Å²) in [7, 11) is 0. The summed E-state index contributed by atoms with van der Waals surface area (Å²) in [4.78, 5) is 30.6. The summed E-state index contributed by atoms with van der Waals surface area (Å²) in [6.07, 6.45) is 1.52. The van der Waals surface area contributed by atoms with Gasteiger partial charge in [-0.25, -0.2) is 0 Å². The normalized spacial score (nSPS) is 14.5. The van der Waals surface area contributed by atoms with Crippen molar-refractivity contribution in [2.75, 3.05) is 26.2 Å². The molecule has 7 nitrogen and oxygen atoms in total. The highest BCUT2D eigenvalue weighted by Crippen LogP contribution is 2.22. The molecule has 2 aromatic rings. The quantitative estimate of drug-likeness (QED) is 0.237. The first-order valence-electron chi connectivity index (χ1n) is 10.8. The van der Waals surface area contributed by atoms with Crippen LogP contribution < -0.4 is 10.6 Å². The van der Waals surface area contributed by atoms with Crippen molar-refractivity contribution in [2.24, 2.45) is 4.99 Å².